The standard InChI is InChI=1S/C25H21ClFN3O4S/c1-3-17-6-10-22(21(27)13-17)29-24(31)15-30(14-18-4-8-20(26)9-5-18)25(32)19-7-11-23(16(2)12-19)35(28,33)34/h1,4-13H,14-15H2,2H3,(H,29,31)(H2,28,33,34). The molecule has 0 aliphatic heterocycles. The molecule has 3 N–H and O–H groups in total. The van der Waals surface area contributed by atoms with Crippen LogP contribution in [0.1, 0.15) is 27.0 Å². The van der Waals surface area contributed by atoms with Crippen molar-refractivity contribution in [3.05, 3.63) is 93.8 Å². The number of benzene rings is 3. The van der Waals surface area contributed by atoms with Crippen LogP contribution in [0.5, 0.6) is 0 Å². The van der Waals surface area contributed by atoms with Gasteiger partial charge in [-0.3, -0.25) is 9.59 Å². The van der Waals surface area contributed by atoms with Crippen molar-refractivity contribution in [3.63, 3.8) is 0 Å². The summed E-state index contributed by atoms with van der Waals surface area (Å²) >= 11 is 5.93. The molecular weight excluding hydrogens is 493 g/mol. The van der Waals surface area contributed by atoms with E-state index >= 15 is 0 Å². The molecule has 0 saturated carbocycles. The highest BCUT2D eigenvalue weighted by Gasteiger charge is 2.22. The second kappa shape index (κ2) is 10.7. The molecule has 10 heteroatoms. The average Bonchev–Trinajstić information content (AvgIpc) is 2.80. The fraction of sp³-hybridized carbons (Fsp3) is 0.120. The van der Waals surface area contributed by atoms with Crippen LogP contribution in [0.4, 0.5) is 10.1 Å². The largest absolute Gasteiger partial charge is 0.325 e. The number of carbonyl (C=O) groups is 2. The van der Waals surface area contributed by atoms with Crippen LogP contribution in [0.2, 0.25) is 5.02 Å². The maximum absolute atomic E-state index is 14.3. The van der Waals surface area contributed by atoms with Gasteiger partial charge in [0.25, 0.3) is 5.91 Å². The molecule has 0 unspecified atom stereocenters. The van der Waals surface area contributed by atoms with E-state index in [0.29, 0.717) is 16.1 Å². The Bertz CT molecular complexity index is 1430. The van der Waals surface area contributed by atoms with Crippen molar-refractivity contribution in [1.82, 2.24) is 4.90 Å². The first kappa shape index (κ1) is 25.9. The van der Waals surface area contributed by atoms with Crippen LogP contribution < -0.4 is 10.5 Å². The first-order valence-corrected chi connectivity index (χ1v) is 12.1. The lowest BCUT2D eigenvalue weighted by molar-refractivity contribution is -0.117. The van der Waals surface area contributed by atoms with Crippen LogP contribution in [0, 0.1) is 25.1 Å². The number of primary sulfonamides is 1. The number of hydrogen-bond acceptors (Lipinski definition) is 4. The van der Waals surface area contributed by atoms with Gasteiger partial charge in [0, 0.05) is 22.7 Å². The molecular formula is C25H21ClFN3O4S. The second-order valence-corrected chi connectivity index (χ2v) is 9.67. The fourth-order valence-electron chi connectivity index (χ4n) is 3.36. The Kier molecular flexibility index (Phi) is 7.92. The number of terminal acetylenes is 1. The molecule has 0 spiro atoms. The van der Waals surface area contributed by atoms with E-state index in [1.165, 1.54) is 42.2 Å². The molecule has 0 heterocycles. The van der Waals surface area contributed by atoms with Crippen LogP contribution in [0.15, 0.2) is 65.6 Å². The monoisotopic (exact) mass is 513 g/mol. The Balaban J connectivity index is 1.88. The van der Waals surface area contributed by atoms with E-state index in [4.69, 9.17) is 23.2 Å². The highest BCUT2D eigenvalue weighted by Crippen LogP contribution is 2.20. The minimum absolute atomic E-state index is 0.0396. The van der Waals surface area contributed by atoms with Crippen LogP contribution in [-0.4, -0.2) is 31.7 Å². The van der Waals surface area contributed by atoms with Crippen LogP contribution in [-0.2, 0) is 21.4 Å². The summed E-state index contributed by atoms with van der Waals surface area (Å²) < 4.78 is 37.7. The van der Waals surface area contributed by atoms with Gasteiger partial charge >= 0.3 is 0 Å². The highest BCUT2D eigenvalue weighted by molar-refractivity contribution is 7.89. The Morgan fingerprint density at radius 1 is 1.11 bits per heavy atom. The lowest BCUT2D eigenvalue weighted by atomic mass is 10.1. The van der Waals surface area contributed by atoms with Gasteiger partial charge < -0.3 is 10.2 Å². The zero-order valence-corrected chi connectivity index (χ0v) is 20.2. The van der Waals surface area contributed by atoms with Crippen molar-refractivity contribution < 1.29 is 22.4 Å². The van der Waals surface area contributed by atoms with Gasteiger partial charge in [0.2, 0.25) is 15.9 Å². The van der Waals surface area contributed by atoms with E-state index in [1.54, 1.807) is 24.3 Å². The van der Waals surface area contributed by atoms with Gasteiger partial charge in [0.1, 0.15) is 12.4 Å². The van der Waals surface area contributed by atoms with Gasteiger partial charge in [0.05, 0.1) is 10.6 Å². The predicted molar refractivity (Wildman–Crippen MR) is 132 cm³/mol. The second-order valence-electron chi connectivity index (χ2n) is 7.70. The zero-order valence-electron chi connectivity index (χ0n) is 18.6. The van der Waals surface area contributed by atoms with Gasteiger partial charge in [-0.15, -0.1) is 6.42 Å². The molecule has 0 aromatic heterocycles. The lowest BCUT2D eigenvalue weighted by Gasteiger charge is -2.23. The van der Waals surface area contributed by atoms with E-state index in [2.05, 4.69) is 11.2 Å². The summed E-state index contributed by atoms with van der Waals surface area (Å²) in [5, 5.41) is 8.14. The summed E-state index contributed by atoms with van der Waals surface area (Å²) in [6, 6.07) is 14.6. The Morgan fingerprint density at radius 2 is 1.80 bits per heavy atom. The van der Waals surface area contributed by atoms with E-state index in [1.807, 2.05) is 0 Å². The molecule has 0 saturated heterocycles. The molecule has 3 aromatic rings. The minimum Gasteiger partial charge on any atom is -0.325 e. The normalized spacial score (nSPS) is 10.9. The van der Waals surface area contributed by atoms with Gasteiger partial charge in [0.15, 0.2) is 0 Å². The fourth-order valence-corrected chi connectivity index (χ4v) is 4.25. The van der Waals surface area contributed by atoms with Gasteiger partial charge in [-0.25, -0.2) is 17.9 Å². The van der Waals surface area contributed by atoms with E-state index in [0.717, 1.165) is 6.07 Å². The van der Waals surface area contributed by atoms with Gasteiger partial charge in [-0.05, 0) is 66.6 Å². The molecule has 0 aliphatic carbocycles. The molecule has 0 radical (unpaired) electrons. The Hall–Kier alpha value is -3.71. The number of hydrogen-bond donors (Lipinski definition) is 2. The molecule has 2 amide bonds. The third-order valence-electron chi connectivity index (χ3n) is 5.05. The van der Waals surface area contributed by atoms with Gasteiger partial charge in [-0.1, -0.05) is 29.7 Å². The maximum Gasteiger partial charge on any atom is 0.254 e. The number of halogens is 2. The number of nitrogens with one attached hydrogen (secondary N) is 1. The third kappa shape index (κ3) is 6.67. The first-order valence-electron chi connectivity index (χ1n) is 10.2. The van der Waals surface area contributed by atoms with E-state index in [-0.39, 0.29) is 28.3 Å². The zero-order chi connectivity index (χ0) is 25.8. The lowest BCUT2D eigenvalue weighted by Crippen LogP contribution is -2.37. The summed E-state index contributed by atoms with van der Waals surface area (Å²) in [6.45, 7) is 1.14. The van der Waals surface area contributed by atoms with Crippen molar-refractivity contribution in [3.8, 4) is 12.3 Å². The van der Waals surface area contributed by atoms with Crippen molar-refractivity contribution >= 4 is 39.1 Å². The molecule has 0 atom stereocenters. The maximum atomic E-state index is 14.3. The number of anilines is 1. The Labute approximate surface area is 207 Å². The first-order chi connectivity index (χ1) is 16.5. The van der Waals surface area contributed by atoms with Crippen molar-refractivity contribution in [2.24, 2.45) is 5.14 Å². The topological polar surface area (TPSA) is 110 Å². The van der Waals surface area contributed by atoms with Crippen molar-refractivity contribution in [2.75, 3.05) is 11.9 Å². The minimum atomic E-state index is -3.96. The molecule has 3 aromatic carbocycles. The Morgan fingerprint density at radius 3 is 2.37 bits per heavy atom. The van der Waals surface area contributed by atoms with E-state index in [9.17, 15) is 22.4 Å². The van der Waals surface area contributed by atoms with Crippen LogP contribution >= 0.6 is 11.6 Å². The van der Waals surface area contributed by atoms with Crippen molar-refractivity contribution in [2.45, 2.75) is 18.4 Å². The summed E-state index contributed by atoms with van der Waals surface area (Å²) in [5.41, 5.74) is 1.36. The molecule has 0 bridgehead atoms. The van der Waals surface area contributed by atoms with Crippen LogP contribution in [0.3, 0.4) is 0 Å². The highest BCUT2D eigenvalue weighted by atomic mass is 35.5. The molecule has 0 fully saturated rings. The summed E-state index contributed by atoms with van der Waals surface area (Å²) in [7, 11) is -3.96. The average molecular weight is 514 g/mol. The number of nitrogens with zero attached hydrogens (tertiary/aromatic N) is 1. The molecule has 3 rings (SSSR count). The summed E-state index contributed by atoms with van der Waals surface area (Å²) in [4.78, 5) is 27.2. The molecule has 35 heavy (non-hydrogen) atoms. The number of aryl methyl sites for hydroxylation is 1. The van der Waals surface area contributed by atoms with Gasteiger partial charge in [-0.2, -0.15) is 0 Å². The van der Waals surface area contributed by atoms with Crippen molar-refractivity contribution in [1.29, 1.82) is 0 Å². The van der Waals surface area contributed by atoms with E-state index < -0.39 is 34.2 Å². The molecule has 0 aliphatic rings. The molecule has 180 valence electrons. The number of rotatable bonds is 7. The number of amides is 2. The van der Waals surface area contributed by atoms with Crippen LogP contribution in [0.25, 0.3) is 0 Å². The number of carbonyl (C=O) groups excluding carboxylic acids is 2. The summed E-state index contributed by atoms with van der Waals surface area (Å²) in [5.74, 6) is 0.412. The quantitative estimate of drug-likeness (QED) is 0.469. The number of nitrogens with two attached hydrogens (primary N) is 1. The third-order valence-corrected chi connectivity index (χ3v) is 6.37. The number of sulfonamides is 1. The summed E-state index contributed by atoms with van der Waals surface area (Å²) in [6.07, 6.45) is 5.25. The molecule has 7 nitrogen and oxygen atoms in total. The predicted octanol–water partition coefficient (Wildman–Crippen LogP) is 3.70. The smallest absolute Gasteiger partial charge is 0.254 e. The SMILES string of the molecule is C#Cc1ccc(NC(=O)CN(Cc2ccc(Cl)cc2)C(=O)c2ccc(S(N)(=O)=O)c(C)c2)c(F)c1.